The van der Waals surface area contributed by atoms with Crippen LogP contribution in [-0.4, -0.2) is 68.0 Å². The van der Waals surface area contributed by atoms with Crippen LogP contribution in [0.5, 0.6) is 5.75 Å². The third-order valence-corrected chi connectivity index (χ3v) is 5.62. The maximum Gasteiger partial charge on any atom is 0.228 e. The summed E-state index contributed by atoms with van der Waals surface area (Å²) in [6, 6.07) is 8.04. The number of benzene rings is 1. The first-order valence-corrected chi connectivity index (χ1v) is 10.1. The van der Waals surface area contributed by atoms with E-state index in [-0.39, 0.29) is 17.7 Å². The summed E-state index contributed by atoms with van der Waals surface area (Å²) >= 11 is 0. The molecule has 2 amide bonds. The van der Waals surface area contributed by atoms with E-state index in [2.05, 4.69) is 24.0 Å². The maximum atomic E-state index is 12.9. The highest BCUT2D eigenvalue weighted by molar-refractivity contribution is 5.89. The molecule has 0 bridgehead atoms. The van der Waals surface area contributed by atoms with Crippen molar-refractivity contribution in [2.45, 2.75) is 32.6 Å². The van der Waals surface area contributed by atoms with Crippen molar-refractivity contribution >= 4 is 17.5 Å². The van der Waals surface area contributed by atoms with Crippen LogP contribution in [0.4, 0.5) is 5.69 Å². The largest absolute Gasteiger partial charge is 0.497 e. The van der Waals surface area contributed by atoms with Gasteiger partial charge < -0.3 is 19.4 Å². The SMILES string of the molecule is CCCCCN1CC(C(=O)N2CCN(c3ccc(OC)cc3)CC2)CC1=O. The van der Waals surface area contributed by atoms with Crippen molar-refractivity contribution in [2.75, 3.05) is 51.3 Å². The van der Waals surface area contributed by atoms with Gasteiger partial charge in [-0.1, -0.05) is 19.8 Å². The molecule has 6 heteroatoms. The minimum Gasteiger partial charge on any atom is -0.497 e. The number of anilines is 1. The number of piperazine rings is 1. The lowest BCUT2D eigenvalue weighted by Gasteiger charge is -2.37. The number of methoxy groups -OCH3 is 1. The first-order chi connectivity index (χ1) is 13.1. The van der Waals surface area contributed by atoms with Gasteiger partial charge >= 0.3 is 0 Å². The van der Waals surface area contributed by atoms with Crippen molar-refractivity contribution in [2.24, 2.45) is 5.92 Å². The number of hydrogen-bond donors (Lipinski definition) is 0. The predicted octanol–water partition coefficient (Wildman–Crippen LogP) is 2.38. The molecule has 1 aromatic carbocycles. The topological polar surface area (TPSA) is 53.1 Å². The van der Waals surface area contributed by atoms with Crippen LogP contribution >= 0.6 is 0 Å². The Balaban J connectivity index is 1.49. The maximum absolute atomic E-state index is 12.9. The first kappa shape index (κ1) is 19.5. The molecule has 27 heavy (non-hydrogen) atoms. The van der Waals surface area contributed by atoms with Crippen molar-refractivity contribution in [3.05, 3.63) is 24.3 Å². The molecule has 3 rings (SSSR count). The summed E-state index contributed by atoms with van der Waals surface area (Å²) in [4.78, 5) is 31.2. The second-order valence-corrected chi connectivity index (χ2v) is 7.46. The van der Waals surface area contributed by atoms with Gasteiger partial charge in [-0.2, -0.15) is 0 Å². The summed E-state index contributed by atoms with van der Waals surface area (Å²) in [7, 11) is 1.66. The van der Waals surface area contributed by atoms with Crippen molar-refractivity contribution in [3.63, 3.8) is 0 Å². The lowest BCUT2D eigenvalue weighted by Crippen LogP contribution is -2.50. The van der Waals surface area contributed by atoms with Crippen LogP contribution < -0.4 is 9.64 Å². The number of likely N-dealkylation sites (tertiary alicyclic amines) is 1. The third-order valence-electron chi connectivity index (χ3n) is 5.62. The Morgan fingerprint density at radius 1 is 1.11 bits per heavy atom. The zero-order chi connectivity index (χ0) is 19.2. The number of amides is 2. The van der Waals surface area contributed by atoms with Gasteiger partial charge in [-0.15, -0.1) is 0 Å². The Morgan fingerprint density at radius 3 is 2.44 bits per heavy atom. The van der Waals surface area contributed by atoms with E-state index in [9.17, 15) is 9.59 Å². The zero-order valence-corrected chi connectivity index (χ0v) is 16.5. The predicted molar refractivity (Wildman–Crippen MR) is 106 cm³/mol. The summed E-state index contributed by atoms with van der Waals surface area (Å²) in [5.74, 6) is 0.977. The number of rotatable bonds is 7. The molecule has 0 radical (unpaired) electrons. The number of ether oxygens (including phenoxy) is 1. The van der Waals surface area contributed by atoms with Crippen LogP contribution in [0.25, 0.3) is 0 Å². The van der Waals surface area contributed by atoms with Gasteiger partial charge in [0.25, 0.3) is 0 Å². The molecule has 2 aliphatic heterocycles. The third kappa shape index (κ3) is 4.73. The Hall–Kier alpha value is -2.24. The fourth-order valence-corrected chi connectivity index (χ4v) is 3.94. The quantitative estimate of drug-likeness (QED) is 0.689. The summed E-state index contributed by atoms with van der Waals surface area (Å²) in [6.45, 7) is 6.61. The fourth-order valence-electron chi connectivity index (χ4n) is 3.94. The highest BCUT2D eigenvalue weighted by atomic mass is 16.5. The van der Waals surface area contributed by atoms with Gasteiger partial charge in [0.15, 0.2) is 0 Å². The Morgan fingerprint density at radius 2 is 1.81 bits per heavy atom. The van der Waals surface area contributed by atoms with Crippen LogP contribution in [0.15, 0.2) is 24.3 Å². The molecule has 148 valence electrons. The van der Waals surface area contributed by atoms with Gasteiger partial charge in [-0.05, 0) is 30.7 Å². The van der Waals surface area contributed by atoms with Crippen LogP contribution in [0.3, 0.4) is 0 Å². The van der Waals surface area contributed by atoms with Gasteiger partial charge in [0.05, 0.1) is 13.0 Å². The van der Waals surface area contributed by atoms with Gasteiger partial charge in [-0.25, -0.2) is 0 Å². The lowest BCUT2D eigenvalue weighted by molar-refractivity contribution is -0.136. The van der Waals surface area contributed by atoms with E-state index >= 15 is 0 Å². The van der Waals surface area contributed by atoms with Crippen molar-refractivity contribution in [3.8, 4) is 5.75 Å². The van der Waals surface area contributed by atoms with E-state index in [1.165, 1.54) is 0 Å². The second-order valence-electron chi connectivity index (χ2n) is 7.46. The van der Waals surface area contributed by atoms with Crippen LogP contribution in [0.1, 0.15) is 32.6 Å². The lowest BCUT2D eigenvalue weighted by atomic mass is 10.1. The molecule has 2 saturated heterocycles. The molecular weight excluding hydrogens is 342 g/mol. The van der Waals surface area contributed by atoms with Gasteiger partial charge in [-0.3, -0.25) is 9.59 Å². The van der Waals surface area contributed by atoms with E-state index in [1.807, 2.05) is 21.9 Å². The van der Waals surface area contributed by atoms with E-state index in [0.29, 0.717) is 26.1 Å². The molecule has 1 atom stereocenters. The Bertz CT molecular complexity index is 639. The second kappa shape index (κ2) is 9.11. The number of hydrogen-bond acceptors (Lipinski definition) is 4. The van der Waals surface area contributed by atoms with E-state index in [0.717, 1.165) is 50.3 Å². The van der Waals surface area contributed by atoms with Gasteiger partial charge in [0, 0.05) is 51.4 Å². The summed E-state index contributed by atoms with van der Waals surface area (Å²) in [5.41, 5.74) is 1.15. The van der Waals surface area contributed by atoms with Crippen LogP contribution in [-0.2, 0) is 9.59 Å². The molecule has 6 nitrogen and oxygen atoms in total. The molecule has 0 N–H and O–H groups in total. The van der Waals surface area contributed by atoms with E-state index in [4.69, 9.17) is 4.74 Å². The minimum atomic E-state index is -0.160. The van der Waals surface area contributed by atoms with Crippen LogP contribution in [0.2, 0.25) is 0 Å². The van der Waals surface area contributed by atoms with Gasteiger partial charge in [0.2, 0.25) is 11.8 Å². The Kier molecular flexibility index (Phi) is 6.58. The molecule has 2 fully saturated rings. The van der Waals surface area contributed by atoms with Crippen molar-refractivity contribution in [1.82, 2.24) is 9.80 Å². The average Bonchev–Trinajstić information content (AvgIpc) is 3.08. The zero-order valence-electron chi connectivity index (χ0n) is 16.5. The van der Waals surface area contributed by atoms with E-state index < -0.39 is 0 Å². The summed E-state index contributed by atoms with van der Waals surface area (Å²) < 4.78 is 5.21. The van der Waals surface area contributed by atoms with Crippen LogP contribution in [0, 0.1) is 5.92 Å². The molecule has 0 spiro atoms. The molecule has 0 aliphatic carbocycles. The van der Waals surface area contributed by atoms with Gasteiger partial charge in [0.1, 0.15) is 5.75 Å². The molecule has 1 unspecified atom stereocenters. The van der Waals surface area contributed by atoms with Crippen molar-refractivity contribution in [1.29, 1.82) is 0 Å². The smallest absolute Gasteiger partial charge is 0.228 e. The highest BCUT2D eigenvalue weighted by Gasteiger charge is 2.36. The standard InChI is InChI=1S/C21H31N3O3/c1-3-4-5-10-24-16-17(15-20(24)25)21(26)23-13-11-22(12-14-23)18-6-8-19(27-2)9-7-18/h6-9,17H,3-5,10-16H2,1-2H3. The summed E-state index contributed by atoms with van der Waals surface area (Å²) in [6.07, 6.45) is 3.69. The Labute approximate surface area is 162 Å². The molecule has 2 heterocycles. The normalized spacial score (nSPS) is 20.3. The number of carbonyl (C=O) groups is 2. The number of nitrogens with zero attached hydrogens (tertiary/aromatic N) is 3. The summed E-state index contributed by atoms with van der Waals surface area (Å²) in [5, 5.41) is 0. The van der Waals surface area contributed by atoms with E-state index in [1.54, 1.807) is 7.11 Å². The van der Waals surface area contributed by atoms with Crippen molar-refractivity contribution < 1.29 is 14.3 Å². The number of carbonyl (C=O) groups excluding carboxylic acids is 2. The fraction of sp³-hybridized carbons (Fsp3) is 0.619. The molecule has 1 aromatic rings. The molecular formula is C21H31N3O3. The molecule has 0 aromatic heterocycles. The minimum absolute atomic E-state index is 0.140. The average molecular weight is 373 g/mol. The first-order valence-electron chi connectivity index (χ1n) is 10.1. The number of unbranched alkanes of at least 4 members (excludes halogenated alkanes) is 2. The molecule has 0 saturated carbocycles. The monoisotopic (exact) mass is 373 g/mol. The molecule has 2 aliphatic rings. The highest BCUT2D eigenvalue weighted by Crippen LogP contribution is 2.24.